The molecule has 0 aliphatic carbocycles. The molecule has 2 rings (SSSR count). The number of benzene rings is 1. The van der Waals surface area contributed by atoms with Crippen LogP contribution >= 0.6 is 11.6 Å². The molecule has 0 bridgehead atoms. The van der Waals surface area contributed by atoms with Crippen molar-refractivity contribution in [1.29, 1.82) is 0 Å². The molecule has 1 aromatic rings. The predicted octanol–water partition coefficient (Wildman–Crippen LogP) is 2.97. The summed E-state index contributed by atoms with van der Waals surface area (Å²) < 4.78 is 5.16. The predicted molar refractivity (Wildman–Crippen MR) is 80.0 cm³/mol. The molecule has 0 spiro atoms. The molecular weight excluding hydrogens is 276 g/mol. The van der Waals surface area contributed by atoms with Crippen LogP contribution in [0.4, 0.5) is 4.79 Å². The van der Waals surface area contributed by atoms with E-state index < -0.39 is 0 Å². The zero-order valence-electron chi connectivity index (χ0n) is 12.0. The van der Waals surface area contributed by atoms with E-state index in [9.17, 15) is 4.79 Å². The molecular formula is C15H21ClN2O2. The Kier molecular flexibility index (Phi) is 5.26. The normalized spacial score (nSPS) is 18.4. The fourth-order valence-corrected chi connectivity index (χ4v) is 2.78. The van der Waals surface area contributed by atoms with Crippen LogP contribution in [0.25, 0.3) is 0 Å². The fraction of sp³-hybridized carbons (Fsp3) is 0.533. The molecule has 0 saturated carbocycles. The van der Waals surface area contributed by atoms with E-state index in [2.05, 4.69) is 5.32 Å². The van der Waals surface area contributed by atoms with Crippen LogP contribution in [0, 0.1) is 6.92 Å². The molecule has 0 radical (unpaired) electrons. The molecule has 110 valence electrons. The van der Waals surface area contributed by atoms with E-state index in [0.29, 0.717) is 13.2 Å². The number of nitrogens with zero attached hydrogens (tertiary/aromatic N) is 1. The van der Waals surface area contributed by atoms with Gasteiger partial charge in [0.05, 0.1) is 12.6 Å². The Morgan fingerprint density at radius 2 is 2.35 bits per heavy atom. The van der Waals surface area contributed by atoms with E-state index >= 15 is 0 Å². The van der Waals surface area contributed by atoms with Crippen molar-refractivity contribution in [3.8, 4) is 0 Å². The molecule has 1 aliphatic rings. The number of likely N-dealkylation sites (tertiary alicyclic amines) is 1. The lowest BCUT2D eigenvalue weighted by Gasteiger charge is -2.24. The summed E-state index contributed by atoms with van der Waals surface area (Å²) in [5.41, 5.74) is 2.07. The van der Waals surface area contributed by atoms with Gasteiger partial charge in [0.1, 0.15) is 0 Å². The SMILES string of the molecule is COC[C@@H]1CCCN1C(=O)NCc1cccc(Cl)c1C. The average Bonchev–Trinajstić information content (AvgIpc) is 2.89. The highest BCUT2D eigenvalue weighted by molar-refractivity contribution is 6.31. The summed E-state index contributed by atoms with van der Waals surface area (Å²) in [6, 6.07) is 5.92. The monoisotopic (exact) mass is 296 g/mol. The van der Waals surface area contributed by atoms with Crippen LogP contribution < -0.4 is 5.32 Å². The number of methoxy groups -OCH3 is 1. The Bertz CT molecular complexity index is 479. The van der Waals surface area contributed by atoms with Crippen molar-refractivity contribution < 1.29 is 9.53 Å². The second-order valence-electron chi connectivity index (χ2n) is 5.13. The number of hydrogen-bond acceptors (Lipinski definition) is 2. The standard InChI is InChI=1S/C15H21ClN2O2/c1-11-12(5-3-7-14(11)16)9-17-15(19)18-8-4-6-13(18)10-20-2/h3,5,7,13H,4,6,8-10H2,1-2H3,(H,17,19)/t13-/m0/s1. The molecule has 1 fully saturated rings. The van der Waals surface area contributed by atoms with Crippen molar-refractivity contribution in [2.45, 2.75) is 32.4 Å². The van der Waals surface area contributed by atoms with Gasteiger partial charge >= 0.3 is 6.03 Å². The summed E-state index contributed by atoms with van der Waals surface area (Å²) in [6.07, 6.45) is 2.05. The zero-order chi connectivity index (χ0) is 14.5. The minimum atomic E-state index is -0.0241. The molecule has 2 amide bonds. The van der Waals surface area contributed by atoms with Crippen LogP contribution in [-0.4, -0.2) is 37.2 Å². The second-order valence-corrected chi connectivity index (χ2v) is 5.53. The van der Waals surface area contributed by atoms with Gasteiger partial charge < -0.3 is 15.0 Å². The van der Waals surface area contributed by atoms with Gasteiger partial charge in [0.2, 0.25) is 0 Å². The van der Waals surface area contributed by atoms with E-state index in [1.807, 2.05) is 30.0 Å². The van der Waals surface area contributed by atoms with Crippen LogP contribution in [0.15, 0.2) is 18.2 Å². The van der Waals surface area contributed by atoms with E-state index in [4.69, 9.17) is 16.3 Å². The zero-order valence-corrected chi connectivity index (χ0v) is 12.7. The minimum absolute atomic E-state index is 0.0241. The minimum Gasteiger partial charge on any atom is -0.383 e. The van der Waals surface area contributed by atoms with Gasteiger partial charge in [-0.05, 0) is 37.0 Å². The number of amides is 2. The van der Waals surface area contributed by atoms with Gasteiger partial charge in [0, 0.05) is 25.2 Å². The maximum absolute atomic E-state index is 12.2. The summed E-state index contributed by atoms with van der Waals surface area (Å²) in [7, 11) is 1.67. The van der Waals surface area contributed by atoms with Crippen molar-refractivity contribution in [2.24, 2.45) is 0 Å². The van der Waals surface area contributed by atoms with Gasteiger partial charge in [0.15, 0.2) is 0 Å². The van der Waals surface area contributed by atoms with Crippen LogP contribution in [0.1, 0.15) is 24.0 Å². The quantitative estimate of drug-likeness (QED) is 0.928. The molecule has 1 aliphatic heterocycles. The summed E-state index contributed by atoms with van der Waals surface area (Å²) in [4.78, 5) is 14.1. The Labute approximate surface area is 125 Å². The number of nitrogens with one attached hydrogen (secondary N) is 1. The molecule has 0 aromatic heterocycles. The Morgan fingerprint density at radius 1 is 1.55 bits per heavy atom. The summed E-state index contributed by atoms with van der Waals surface area (Å²) in [5.74, 6) is 0. The van der Waals surface area contributed by atoms with Crippen molar-refractivity contribution in [2.75, 3.05) is 20.3 Å². The maximum atomic E-state index is 12.2. The van der Waals surface area contributed by atoms with Gasteiger partial charge in [-0.3, -0.25) is 0 Å². The van der Waals surface area contributed by atoms with Gasteiger partial charge in [-0.15, -0.1) is 0 Å². The first-order chi connectivity index (χ1) is 9.63. The highest BCUT2D eigenvalue weighted by Gasteiger charge is 2.28. The molecule has 1 heterocycles. The number of halogens is 1. The Hall–Kier alpha value is -1.26. The van der Waals surface area contributed by atoms with Gasteiger partial charge in [0.25, 0.3) is 0 Å². The van der Waals surface area contributed by atoms with E-state index in [0.717, 1.165) is 35.5 Å². The first kappa shape index (κ1) is 15.1. The smallest absolute Gasteiger partial charge is 0.317 e. The van der Waals surface area contributed by atoms with Crippen molar-refractivity contribution in [3.63, 3.8) is 0 Å². The summed E-state index contributed by atoms with van der Waals surface area (Å²) in [5, 5.41) is 3.70. The van der Waals surface area contributed by atoms with E-state index in [1.165, 1.54) is 0 Å². The first-order valence-electron chi connectivity index (χ1n) is 6.91. The maximum Gasteiger partial charge on any atom is 0.317 e. The molecule has 1 saturated heterocycles. The second kappa shape index (κ2) is 6.95. The van der Waals surface area contributed by atoms with E-state index in [1.54, 1.807) is 7.11 Å². The molecule has 1 aromatic carbocycles. The van der Waals surface area contributed by atoms with Crippen molar-refractivity contribution in [3.05, 3.63) is 34.3 Å². The topological polar surface area (TPSA) is 41.6 Å². The lowest BCUT2D eigenvalue weighted by atomic mass is 10.1. The highest BCUT2D eigenvalue weighted by atomic mass is 35.5. The lowest BCUT2D eigenvalue weighted by Crippen LogP contribution is -2.44. The number of carbonyl (C=O) groups excluding carboxylic acids is 1. The average molecular weight is 297 g/mol. The van der Waals surface area contributed by atoms with Crippen LogP contribution in [0.3, 0.4) is 0 Å². The fourth-order valence-electron chi connectivity index (χ4n) is 2.58. The lowest BCUT2D eigenvalue weighted by molar-refractivity contribution is 0.123. The molecule has 20 heavy (non-hydrogen) atoms. The van der Waals surface area contributed by atoms with Crippen LogP contribution in [0.5, 0.6) is 0 Å². The summed E-state index contributed by atoms with van der Waals surface area (Å²) in [6.45, 7) is 3.87. The number of carbonyl (C=O) groups is 1. The molecule has 0 unspecified atom stereocenters. The third kappa shape index (κ3) is 3.44. The van der Waals surface area contributed by atoms with Crippen LogP contribution in [-0.2, 0) is 11.3 Å². The Morgan fingerprint density at radius 3 is 3.10 bits per heavy atom. The summed E-state index contributed by atoms with van der Waals surface area (Å²) >= 11 is 6.08. The first-order valence-corrected chi connectivity index (χ1v) is 7.28. The number of ether oxygens (including phenoxy) is 1. The Balaban J connectivity index is 1.93. The third-order valence-corrected chi connectivity index (χ3v) is 4.22. The van der Waals surface area contributed by atoms with Crippen molar-refractivity contribution >= 4 is 17.6 Å². The number of rotatable bonds is 4. The number of urea groups is 1. The van der Waals surface area contributed by atoms with Crippen molar-refractivity contribution in [1.82, 2.24) is 10.2 Å². The van der Waals surface area contributed by atoms with E-state index in [-0.39, 0.29) is 12.1 Å². The van der Waals surface area contributed by atoms with Gasteiger partial charge in [-0.1, -0.05) is 23.7 Å². The number of hydrogen-bond donors (Lipinski definition) is 1. The molecule has 4 nitrogen and oxygen atoms in total. The van der Waals surface area contributed by atoms with Gasteiger partial charge in [-0.2, -0.15) is 0 Å². The molecule has 1 N–H and O–H groups in total. The molecule has 5 heteroatoms. The highest BCUT2D eigenvalue weighted by Crippen LogP contribution is 2.20. The third-order valence-electron chi connectivity index (χ3n) is 3.81. The molecule has 1 atom stereocenters. The largest absolute Gasteiger partial charge is 0.383 e. The van der Waals surface area contributed by atoms with Gasteiger partial charge in [-0.25, -0.2) is 4.79 Å². The van der Waals surface area contributed by atoms with Crippen LogP contribution in [0.2, 0.25) is 5.02 Å².